The monoisotopic (exact) mass is 315 g/mol. The molecular formula is C19H29N3O. The Bertz CT molecular complexity index is 505. The molecule has 1 aromatic carbocycles. The summed E-state index contributed by atoms with van der Waals surface area (Å²) in [5.41, 5.74) is 2.31. The summed E-state index contributed by atoms with van der Waals surface area (Å²) in [5, 5.41) is 6.52. The molecule has 1 aliphatic carbocycles. The summed E-state index contributed by atoms with van der Waals surface area (Å²) in [6.45, 7) is 2.60. The number of piperidine rings is 1. The van der Waals surface area contributed by atoms with Crippen LogP contribution in [-0.4, -0.2) is 31.6 Å². The van der Waals surface area contributed by atoms with Crippen LogP contribution in [0.3, 0.4) is 0 Å². The van der Waals surface area contributed by atoms with E-state index < -0.39 is 0 Å². The Morgan fingerprint density at radius 3 is 2.48 bits per heavy atom. The minimum atomic E-state index is 0.116. The minimum absolute atomic E-state index is 0.116. The first-order valence-corrected chi connectivity index (χ1v) is 9.20. The van der Waals surface area contributed by atoms with Crippen LogP contribution in [0.1, 0.15) is 51.4 Å². The number of hydrogen-bond acceptors (Lipinski definition) is 3. The molecule has 23 heavy (non-hydrogen) atoms. The molecule has 4 nitrogen and oxygen atoms in total. The SMILES string of the molecule is O=C(CNc1ccccc1N1CCCCC1)NC1CCCCC1. The van der Waals surface area contributed by atoms with E-state index in [1.807, 2.05) is 6.07 Å². The molecule has 1 aromatic rings. The summed E-state index contributed by atoms with van der Waals surface area (Å²) in [7, 11) is 0. The zero-order chi connectivity index (χ0) is 15.9. The average Bonchev–Trinajstić information content (AvgIpc) is 2.62. The first-order valence-electron chi connectivity index (χ1n) is 9.20. The highest BCUT2D eigenvalue weighted by Crippen LogP contribution is 2.28. The van der Waals surface area contributed by atoms with Crippen LogP contribution < -0.4 is 15.5 Å². The van der Waals surface area contributed by atoms with Crippen LogP contribution in [0.4, 0.5) is 11.4 Å². The van der Waals surface area contributed by atoms with Gasteiger partial charge in [0.2, 0.25) is 5.91 Å². The van der Waals surface area contributed by atoms with Gasteiger partial charge in [0.05, 0.1) is 17.9 Å². The van der Waals surface area contributed by atoms with E-state index in [9.17, 15) is 4.79 Å². The largest absolute Gasteiger partial charge is 0.374 e. The number of carbonyl (C=O) groups is 1. The molecule has 0 unspecified atom stereocenters. The molecule has 0 atom stereocenters. The molecule has 2 N–H and O–H groups in total. The summed E-state index contributed by atoms with van der Waals surface area (Å²) >= 11 is 0. The van der Waals surface area contributed by atoms with Gasteiger partial charge in [-0.1, -0.05) is 31.4 Å². The van der Waals surface area contributed by atoms with Gasteiger partial charge in [0.15, 0.2) is 0 Å². The Morgan fingerprint density at radius 2 is 1.70 bits per heavy atom. The lowest BCUT2D eigenvalue weighted by molar-refractivity contribution is -0.120. The second-order valence-corrected chi connectivity index (χ2v) is 6.82. The zero-order valence-electron chi connectivity index (χ0n) is 14.0. The predicted molar refractivity (Wildman–Crippen MR) is 96.0 cm³/mol. The second kappa shape index (κ2) is 8.23. The van der Waals surface area contributed by atoms with E-state index in [2.05, 4.69) is 33.7 Å². The molecule has 1 saturated carbocycles. The number of amides is 1. The lowest BCUT2D eigenvalue weighted by Gasteiger charge is -2.30. The third kappa shape index (κ3) is 4.63. The van der Waals surface area contributed by atoms with Crippen LogP contribution >= 0.6 is 0 Å². The molecular weight excluding hydrogens is 286 g/mol. The Labute approximate surface area is 139 Å². The maximum absolute atomic E-state index is 12.2. The van der Waals surface area contributed by atoms with E-state index in [0.717, 1.165) is 31.6 Å². The number of hydrogen-bond donors (Lipinski definition) is 2. The van der Waals surface area contributed by atoms with Crippen LogP contribution in [0, 0.1) is 0 Å². The van der Waals surface area contributed by atoms with Gasteiger partial charge >= 0.3 is 0 Å². The first-order chi connectivity index (χ1) is 11.3. The van der Waals surface area contributed by atoms with E-state index >= 15 is 0 Å². The van der Waals surface area contributed by atoms with Crippen molar-refractivity contribution in [2.45, 2.75) is 57.4 Å². The van der Waals surface area contributed by atoms with Crippen molar-refractivity contribution in [3.8, 4) is 0 Å². The lowest BCUT2D eigenvalue weighted by atomic mass is 9.95. The first kappa shape index (κ1) is 16.2. The number of carbonyl (C=O) groups excluding carboxylic acids is 1. The molecule has 1 aliphatic heterocycles. The van der Waals surface area contributed by atoms with Crippen LogP contribution in [0.25, 0.3) is 0 Å². The highest BCUT2D eigenvalue weighted by atomic mass is 16.1. The van der Waals surface area contributed by atoms with E-state index in [1.54, 1.807) is 0 Å². The predicted octanol–water partition coefficient (Wildman–Crippen LogP) is 3.54. The Balaban J connectivity index is 1.54. The highest BCUT2D eigenvalue weighted by molar-refractivity contribution is 5.83. The molecule has 1 amide bonds. The topological polar surface area (TPSA) is 44.4 Å². The van der Waals surface area contributed by atoms with Crippen LogP contribution in [0.5, 0.6) is 0 Å². The number of nitrogens with one attached hydrogen (secondary N) is 2. The van der Waals surface area contributed by atoms with E-state index in [0.29, 0.717) is 12.6 Å². The number of benzene rings is 1. The molecule has 1 heterocycles. The molecule has 4 heteroatoms. The fourth-order valence-corrected chi connectivity index (χ4v) is 3.73. The van der Waals surface area contributed by atoms with Gasteiger partial charge in [-0.05, 0) is 44.2 Å². The van der Waals surface area contributed by atoms with Gasteiger partial charge in [0, 0.05) is 19.1 Å². The maximum atomic E-state index is 12.2. The number of nitrogens with zero attached hydrogens (tertiary/aromatic N) is 1. The normalized spacial score (nSPS) is 19.4. The van der Waals surface area contributed by atoms with Crippen LogP contribution in [0.2, 0.25) is 0 Å². The van der Waals surface area contributed by atoms with E-state index in [4.69, 9.17) is 0 Å². The van der Waals surface area contributed by atoms with Crippen molar-refractivity contribution < 1.29 is 4.79 Å². The summed E-state index contributed by atoms with van der Waals surface area (Å²) in [5.74, 6) is 0.116. The minimum Gasteiger partial charge on any atom is -0.374 e. The highest BCUT2D eigenvalue weighted by Gasteiger charge is 2.17. The smallest absolute Gasteiger partial charge is 0.239 e. The van der Waals surface area contributed by atoms with Gasteiger partial charge in [0.25, 0.3) is 0 Å². The molecule has 1 saturated heterocycles. The fourth-order valence-electron chi connectivity index (χ4n) is 3.73. The maximum Gasteiger partial charge on any atom is 0.239 e. The molecule has 2 aliphatic rings. The fraction of sp³-hybridized carbons (Fsp3) is 0.632. The second-order valence-electron chi connectivity index (χ2n) is 6.82. The van der Waals surface area contributed by atoms with Crippen molar-refractivity contribution >= 4 is 17.3 Å². The number of para-hydroxylation sites is 2. The molecule has 0 radical (unpaired) electrons. The van der Waals surface area contributed by atoms with Gasteiger partial charge in [-0.3, -0.25) is 4.79 Å². The molecule has 126 valence electrons. The van der Waals surface area contributed by atoms with Gasteiger partial charge < -0.3 is 15.5 Å². The van der Waals surface area contributed by atoms with Crippen molar-refractivity contribution in [3.05, 3.63) is 24.3 Å². The van der Waals surface area contributed by atoms with Gasteiger partial charge in [-0.25, -0.2) is 0 Å². The van der Waals surface area contributed by atoms with Crippen molar-refractivity contribution in [3.63, 3.8) is 0 Å². The summed E-state index contributed by atoms with van der Waals surface area (Å²) in [4.78, 5) is 14.6. The van der Waals surface area contributed by atoms with Crippen LogP contribution in [-0.2, 0) is 4.79 Å². The summed E-state index contributed by atoms with van der Waals surface area (Å²) in [6.07, 6.45) is 9.93. The standard InChI is InChI=1S/C19H29N3O/c23-19(21-16-9-3-1-4-10-16)15-20-17-11-5-6-12-18(17)22-13-7-2-8-14-22/h5-6,11-12,16,20H,1-4,7-10,13-15H2,(H,21,23). The van der Waals surface area contributed by atoms with Gasteiger partial charge in [-0.15, -0.1) is 0 Å². The van der Waals surface area contributed by atoms with Gasteiger partial charge in [-0.2, -0.15) is 0 Å². The van der Waals surface area contributed by atoms with E-state index in [1.165, 1.54) is 44.2 Å². The Hall–Kier alpha value is -1.71. The van der Waals surface area contributed by atoms with Crippen molar-refractivity contribution in [2.75, 3.05) is 29.9 Å². The van der Waals surface area contributed by atoms with Gasteiger partial charge in [0.1, 0.15) is 0 Å². The lowest BCUT2D eigenvalue weighted by Crippen LogP contribution is -2.39. The number of rotatable bonds is 5. The van der Waals surface area contributed by atoms with E-state index in [-0.39, 0.29) is 5.91 Å². The molecule has 3 rings (SSSR count). The Morgan fingerprint density at radius 1 is 1.00 bits per heavy atom. The summed E-state index contributed by atoms with van der Waals surface area (Å²) < 4.78 is 0. The summed E-state index contributed by atoms with van der Waals surface area (Å²) in [6, 6.07) is 8.74. The zero-order valence-corrected chi connectivity index (χ0v) is 14.0. The Kier molecular flexibility index (Phi) is 5.78. The molecule has 2 fully saturated rings. The average molecular weight is 315 g/mol. The molecule has 0 aromatic heterocycles. The number of anilines is 2. The third-order valence-electron chi connectivity index (χ3n) is 5.01. The third-order valence-corrected chi connectivity index (χ3v) is 5.01. The van der Waals surface area contributed by atoms with Crippen molar-refractivity contribution in [1.82, 2.24) is 5.32 Å². The van der Waals surface area contributed by atoms with Crippen molar-refractivity contribution in [2.24, 2.45) is 0 Å². The molecule has 0 bridgehead atoms. The van der Waals surface area contributed by atoms with Crippen LogP contribution in [0.15, 0.2) is 24.3 Å². The quantitative estimate of drug-likeness (QED) is 0.873. The van der Waals surface area contributed by atoms with Crippen molar-refractivity contribution in [1.29, 1.82) is 0 Å². The molecule has 0 spiro atoms.